The summed E-state index contributed by atoms with van der Waals surface area (Å²) in [6.45, 7) is 0. The molecule has 2 aromatic carbocycles. The zero-order valence-electron chi connectivity index (χ0n) is 13.2. The molecule has 0 radical (unpaired) electrons. The highest BCUT2D eigenvalue weighted by Crippen LogP contribution is 2.10. The summed E-state index contributed by atoms with van der Waals surface area (Å²) in [5.41, 5.74) is 1.96. The molecule has 120 valence electrons. The lowest BCUT2D eigenvalue weighted by molar-refractivity contribution is 0.0261. The fraction of sp³-hybridized carbons (Fsp3) is 0.190. The van der Waals surface area contributed by atoms with Crippen molar-refractivity contribution in [1.29, 1.82) is 0 Å². The van der Waals surface area contributed by atoms with Crippen molar-refractivity contribution in [3.05, 3.63) is 71.8 Å². The van der Waals surface area contributed by atoms with Gasteiger partial charge in [0.1, 0.15) is 0 Å². The number of ether oxygens (including phenoxy) is 2. The molecule has 0 fully saturated rings. The van der Waals surface area contributed by atoms with E-state index in [0.29, 0.717) is 12.8 Å². The lowest BCUT2D eigenvalue weighted by Gasteiger charge is -2.16. The topological polar surface area (TPSA) is 35.5 Å². The Morgan fingerprint density at radius 3 is 1.50 bits per heavy atom. The van der Waals surface area contributed by atoms with Gasteiger partial charge in [-0.15, -0.1) is 12.8 Å². The molecule has 0 bridgehead atoms. The summed E-state index contributed by atoms with van der Waals surface area (Å²) in [6, 6.07) is 19.1. The smallest absolute Gasteiger partial charge is 0.417 e. The fourth-order valence-electron chi connectivity index (χ4n) is 2.19. The molecule has 0 spiro atoms. The summed E-state index contributed by atoms with van der Waals surface area (Å²) in [5.74, 6) is 4.90. The van der Waals surface area contributed by atoms with Crippen LogP contribution in [0.2, 0.25) is 0 Å². The van der Waals surface area contributed by atoms with Crippen molar-refractivity contribution in [1.82, 2.24) is 0 Å². The summed E-state index contributed by atoms with van der Waals surface area (Å²) >= 11 is 0. The molecule has 0 N–H and O–H groups in total. The lowest BCUT2D eigenvalue weighted by Crippen LogP contribution is -2.24. The van der Waals surface area contributed by atoms with E-state index in [0.717, 1.165) is 11.1 Å². The predicted octanol–water partition coefficient (Wildman–Crippen LogP) is 3.63. The van der Waals surface area contributed by atoms with Crippen LogP contribution in [0.25, 0.3) is 0 Å². The van der Waals surface area contributed by atoms with Crippen molar-refractivity contribution in [2.24, 2.45) is 0 Å². The lowest BCUT2D eigenvalue weighted by atomic mass is 10.1. The summed E-state index contributed by atoms with van der Waals surface area (Å²) in [7, 11) is 0. The number of terminal acetylenes is 2. The minimum absolute atomic E-state index is 0.422. The molecule has 24 heavy (non-hydrogen) atoms. The second-order valence-electron chi connectivity index (χ2n) is 5.18. The third-order valence-corrected chi connectivity index (χ3v) is 3.38. The van der Waals surface area contributed by atoms with Gasteiger partial charge in [-0.2, -0.15) is 0 Å². The molecule has 3 heteroatoms. The first kappa shape index (κ1) is 17.2. The van der Waals surface area contributed by atoms with Gasteiger partial charge in [-0.05, 0) is 11.1 Å². The Labute approximate surface area is 142 Å². The summed E-state index contributed by atoms with van der Waals surface area (Å²) in [5, 5.41) is 0. The van der Waals surface area contributed by atoms with Crippen molar-refractivity contribution < 1.29 is 14.3 Å². The van der Waals surface area contributed by atoms with Crippen LogP contribution in [-0.4, -0.2) is 18.4 Å². The fourth-order valence-corrected chi connectivity index (χ4v) is 2.19. The Morgan fingerprint density at radius 2 is 1.17 bits per heavy atom. The summed E-state index contributed by atoms with van der Waals surface area (Å²) in [6.07, 6.45) is 9.46. The Balaban J connectivity index is 1.88. The van der Waals surface area contributed by atoms with Gasteiger partial charge >= 0.3 is 6.16 Å². The number of benzene rings is 2. The third-order valence-electron chi connectivity index (χ3n) is 3.38. The van der Waals surface area contributed by atoms with E-state index in [1.807, 2.05) is 60.7 Å². The van der Waals surface area contributed by atoms with Crippen molar-refractivity contribution >= 4 is 6.16 Å². The molecule has 0 aliphatic rings. The van der Waals surface area contributed by atoms with Crippen molar-refractivity contribution in [2.75, 3.05) is 0 Å². The van der Waals surface area contributed by atoms with Crippen LogP contribution < -0.4 is 0 Å². The van der Waals surface area contributed by atoms with E-state index in [-0.39, 0.29) is 0 Å². The zero-order chi connectivity index (χ0) is 17.2. The van der Waals surface area contributed by atoms with Crippen LogP contribution in [0.5, 0.6) is 0 Å². The number of hydrogen-bond donors (Lipinski definition) is 0. The highest BCUT2D eigenvalue weighted by molar-refractivity contribution is 5.61. The molecular formula is C21H18O3. The number of rotatable bonds is 6. The predicted molar refractivity (Wildman–Crippen MR) is 93.1 cm³/mol. The van der Waals surface area contributed by atoms with Gasteiger partial charge in [-0.1, -0.05) is 72.5 Å². The maximum atomic E-state index is 11.9. The highest BCUT2D eigenvalue weighted by Gasteiger charge is 2.18. The van der Waals surface area contributed by atoms with Gasteiger partial charge in [0.2, 0.25) is 0 Å². The molecule has 0 aromatic heterocycles. The van der Waals surface area contributed by atoms with Crippen molar-refractivity contribution in [2.45, 2.75) is 25.0 Å². The molecule has 2 rings (SSSR count). The van der Waals surface area contributed by atoms with Crippen LogP contribution in [0.1, 0.15) is 11.1 Å². The van der Waals surface area contributed by atoms with E-state index in [2.05, 4.69) is 11.8 Å². The molecule has 3 nitrogen and oxygen atoms in total. The van der Waals surface area contributed by atoms with E-state index < -0.39 is 18.4 Å². The molecule has 2 atom stereocenters. The third kappa shape index (κ3) is 5.55. The monoisotopic (exact) mass is 318 g/mol. The Bertz CT molecular complexity index is 660. The largest absolute Gasteiger partial charge is 0.510 e. The van der Waals surface area contributed by atoms with Crippen LogP contribution in [0, 0.1) is 24.7 Å². The van der Waals surface area contributed by atoms with Crippen molar-refractivity contribution in [3.63, 3.8) is 0 Å². The van der Waals surface area contributed by atoms with Crippen LogP contribution in [0.3, 0.4) is 0 Å². The first-order chi connectivity index (χ1) is 11.7. The van der Waals surface area contributed by atoms with Gasteiger partial charge in [-0.3, -0.25) is 0 Å². The first-order valence-electron chi connectivity index (χ1n) is 7.58. The molecule has 0 saturated carbocycles. The van der Waals surface area contributed by atoms with Gasteiger partial charge in [0.15, 0.2) is 12.2 Å². The Kier molecular flexibility index (Phi) is 6.50. The summed E-state index contributed by atoms with van der Waals surface area (Å²) < 4.78 is 10.4. The molecular weight excluding hydrogens is 300 g/mol. The van der Waals surface area contributed by atoms with Gasteiger partial charge in [0.25, 0.3) is 0 Å². The van der Waals surface area contributed by atoms with Crippen LogP contribution in [-0.2, 0) is 22.3 Å². The number of carbonyl (C=O) groups excluding carboxylic acids is 1. The van der Waals surface area contributed by atoms with Crippen LogP contribution in [0.4, 0.5) is 4.79 Å². The van der Waals surface area contributed by atoms with Crippen LogP contribution >= 0.6 is 0 Å². The summed E-state index contributed by atoms with van der Waals surface area (Å²) in [4.78, 5) is 11.9. The second kappa shape index (κ2) is 9.08. The molecule has 0 aliphatic carbocycles. The Morgan fingerprint density at radius 1 is 0.792 bits per heavy atom. The maximum absolute atomic E-state index is 11.9. The normalized spacial score (nSPS) is 12.2. The zero-order valence-corrected chi connectivity index (χ0v) is 13.2. The molecule has 0 amide bonds. The minimum atomic E-state index is -0.854. The maximum Gasteiger partial charge on any atom is 0.510 e. The molecule has 0 saturated heterocycles. The average Bonchev–Trinajstić information content (AvgIpc) is 2.62. The highest BCUT2D eigenvalue weighted by atomic mass is 16.7. The van der Waals surface area contributed by atoms with Gasteiger partial charge in [-0.25, -0.2) is 4.79 Å². The van der Waals surface area contributed by atoms with E-state index >= 15 is 0 Å². The first-order valence-corrected chi connectivity index (χ1v) is 7.58. The molecule has 2 unspecified atom stereocenters. The van der Waals surface area contributed by atoms with E-state index in [9.17, 15) is 4.79 Å². The minimum Gasteiger partial charge on any atom is -0.417 e. The van der Waals surface area contributed by atoms with Crippen LogP contribution in [0.15, 0.2) is 60.7 Å². The number of carbonyl (C=O) groups is 1. The van der Waals surface area contributed by atoms with E-state index in [1.165, 1.54) is 0 Å². The Hall–Kier alpha value is -3.17. The second-order valence-corrected chi connectivity index (χ2v) is 5.18. The average molecular weight is 318 g/mol. The van der Waals surface area contributed by atoms with E-state index in [4.69, 9.17) is 22.3 Å². The standard InChI is InChI=1S/C21H18O3/c1-3-19(15-17-11-7-5-8-12-17)23-21(22)24-20(4-2)16-18-13-9-6-10-14-18/h1-2,5-14,19-20H,15-16H2. The van der Waals surface area contributed by atoms with E-state index in [1.54, 1.807) is 0 Å². The van der Waals surface area contributed by atoms with Gasteiger partial charge < -0.3 is 9.47 Å². The molecule has 2 aromatic rings. The quantitative estimate of drug-likeness (QED) is 0.603. The molecule has 0 heterocycles. The SMILES string of the molecule is C#CC(Cc1ccccc1)OC(=O)OC(C#C)Cc1ccccc1. The van der Waals surface area contributed by atoms with Gasteiger partial charge in [0.05, 0.1) is 0 Å². The van der Waals surface area contributed by atoms with Gasteiger partial charge in [0, 0.05) is 12.8 Å². The molecule has 0 aliphatic heterocycles. The van der Waals surface area contributed by atoms with Crippen molar-refractivity contribution in [3.8, 4) is 24.7 Å². The number of hydrogen-bond acceptors (Lipinski definition) is 3.